The molecule has 0 bridgehead atoms. The molecule has 2 saturated heterocycles. The summed E-state index contributed by atoms with van der Waals surface area (Å²) in [5.41, 5.74) is -0.879. The van der Waals surface area contributed by atoms with Crippen molar-refractivity contribution in [3.05, 3.63) is 0 Å². The third kappa shape index (κ3) is 2.62. The number of hydrogen-bond donors (Lipinski definition) is 0. The summed E-state index contributed by atoms with van der Waals surface area (Å²) in [6.07, 6.45) is 2.83. The standard InChI is InChI=1S/C15H28NO4/c1-6-14(7-2)11-15(10-13(3,4)16(14)17)19-9-12(20-15)8-18-5/h12H,6-11H2,1-5H3. The third-order valence-corrected chi connectivity index (χ3v) is 4.86. The Morgan fingerprint density at radius 1 is 1.25 bits per heavy atom. The van der Waals surface area contributed by atoms with Gasteiger partial charge in [-0.2, -0.15) is 0 Å². The lowest BCUT2D eigenvalue weighted by molar-refractivity contribution is -0.352. The Hall–Kier alpha value is -0.200. The summed E-state index contributed by atoms with van der Waals surface area (Å²) in [4.78, 5) is 0. The minimum Gasteiger partial charge on any atom is -0.382 e. The molecule has 2 unspecified atom stereocenters. The topological polar surface area (TPSA) is 50.8 Å². The van der Waals surface area contributed by atoms with Crippen LogP contribution >= 0.6 is 0 Å². The molecule has 0 amide bonds. The summed E-state index contributed by atoms with van der Waals surface area (Å²) in [7, 11) is 1.67. The molecule has 2 aliphatic heterocycles. The second kappa shape index (κ2) is 5.54. The molecule has 2 rings (SSSR count). The van der Waals surface area contributed by atoms with Gasteiger partial charge in [0.1, 0.15) is 6.10 Å². The maximum atomic E-state index is 12.8. The van der Waals surface area contributed by atoms with E-state index >= 15 is 0 Å². The van der Waals surface area contributed by atoms with Crippen molar-refractivity contribution in [2.45, 2.75) is 76.3 Å². The molecule has 0 N–H and O–H groups in total. The van der Waals surface area contributed by atoms with E-state index in [1.165, 1.54) is 5.06 Å². The number of hydroxylamine groups is 2. The Morgan fingerprint density at radius 3 is 2.45 bits per heavy atom. The molecule has 0 aliphatic carbocycles. The van der Waals surface area contributed by atoms with Crippen LogP contribution in [0.3, 0.4) is 0 Å². The van der Waals surface area contributed by atoms with Crippen molar-refractivity contribution in [2.75, 3.05) is 20.3 Å². The molecule has 117 valence electrons. The molecule has 0 aromatic heterocycles. The van der Waals surface area contributed by atoms with Crippen LogP contribution < -0.4 is 0 Å². The van der Waals surface area contributed by atoms with Gasteiger partial charge in [0.15, 0.2) is 5.79 Å². The molecule has 2 aliphatic rings. The molecule has 0 saturated carbocycles. The first kappa shape index (κ1) is 16.2. The van der Waals surface area contributed by atoms with Crippen molar-refractivity contribution in [1.82, 2.24) is 5.06 Å². The minimum absolute atomic E-state index is 0.0274. The lowest BCUT2D eigenvalue weighted by atomic mass is 9.73. The van der Waals surface area contributed by atoms with E-state index in [-0.39, 0.29) is 6.10 Å². The molecule has 0 aromatic carbocycles. The van der Waals surface area contributed by atoms with Crippen molar-refractivity contribution in [1.29, 1.82) is 0 Å². The Morgan fingerprint density at radius 2 is 1.90 bits per heavy atom. The fraction of sp³-hybridized carbons (Fsp3) is 1.00. The van der Waals surface area contributed by atoms with Crippen LogP contribution in [0.4, 0.5) is 0 Å². The van der Waals surface area contributed by atoms with Gasteiger partial charge in [-0.05, 0) is 26.7 Å². The van der Waals surface area contributed by atoms with E-state index in [0.717, 1.165) is 12.8 Å². The first-order chi connectivity index (χ1) is 9.33. The molecule has 1 radical (unpaired) electrons. The van der Waals surface area contributed by atoms with Crippen LogP contribution in [0.2, 0.25) is 0 Å². The molecule has 5 nitrogen and oxygen atoms in total. The molecule has 2 fully saturated rings. The predicted molar refractivity (Wildman–Crippen MR) is 74.6 cm³/mol. The number of ether oxygens (including phenoxy) is 3. The van der Waals surface area contributed by atoms with Gasteiger partial charge in [-0.1, -0.05) is 13.8 Å². The highest BCUT2D eigenvalue weighted by atomic mass is 16.8. The summed E-state index contributed by atoms with van der Waals surface area (Å²) in [5, 5.41) is 14.1. The Kier molecular flexibility index (Phi) is 4.48. The summed E-state index contributed by atoms with van der Waals surface area (Å²) in [6, 6.07) is 0. The monoisotopic (exact) mass is 286 g/mol. The van der Waals surface area contributed by atoms with Crippen LogP contribution in [0.25, 0.3) is 0 Å². The Labute approximate surface area is 122 Å². The lowest BCUT2D eigenvalue weighted by Crippen LogP contribution is -2.66. The van der Waals surface area contributed by atoms with E-state index < -0.39 is 16.9 Å². The van der Waals surface area contributed by atoms with E-state index in [0.29, 0.717) is 26.1 Å². The summed E-state index contributed by atoms with van der Waals surface area (Å²) >= 11 is 0. The van der Waals surface area contributed by atoms with Crippen molar-refractivity contribution < 1.29 is 19.4 Å². The largest absolute Gasteiger partial charge is 0.382 e. The first-order valence-electron chi connectivity index (χ1n) is 7.61. The minimum atomic E-state index is -0.625. The highest BCUT2D eigenvalue weighted by Gasteiger charge is 2.59. The van der Waals surface area contributed by atoms with Crippen LogP contribution in [0.5, 0.6) is 0 Å². The maximum absolute atomic E-state index is 12.8. The molecule has 5 heteroatoms. The average molecular weight is 286 g/mol. The number of hydrogen-bond acceptors (Lipinski definition) is 4. The molecule has 20 heavy (non-hydrogen) atoms. The van der Waals surface area contributed by atoms with Crippen LogP contribution in [0.1, 0.15) is 53.4 Å². The quantitative estimate of drug-likeness (QED) is 0.797. The van der Waals surface area contributed by atoms with Crippen molar-refractivity contribution in [3.8, 4) is 0 Å². The van der Waals surface area contributed by atoms with E-state index in [2.05, 4.69) is 13.8 Å². The fourth-order valence-electron chi connectivity index (χ4n) is 3.87. The smallest absolute Gasteiger partial charge is 0.172 e. The average Bonchev–Trinajstić information content (AvgIpc) is 2.77. The molecule has 0 aromatic rings. The van der Waals surface area contributed by atoms with Crippen LogP contribution in [-0.4, -0.2) is 48.4 Å². The SMILES string of the molecule is CCC1(CC)CC2(CC(C)(C)N1[O])OCC(COC)O2. The molecule has 1 spiro atoms. The normalized spacial score (nSPS) is 36.6. The number of methoxy groups -OCH3 is 1. The molecular formula is C15H28NO4. The van der Waals surface area contributed by atoms with Gasteiger partial charge < -0.3 is 14.2 Å². The first-order valence-corrected chi connectivity index (χ1v) is 7.61. The van der Waals surface area contributed by atoms with Crippen LogP contribution in [0.15, 0.2) is 0 Å². The number of piperidine rings is 1. The van der Waals surface area contributed by atoms with Gasteiger partial charge in [0, 0.05) is 25.5 Å². The van der Waals surface area contributed by atoms with Gasteiger partial charge in [0.25, 0.3) is 0 Å². The molecule has 2 heterocycles. The molecule has 2 atom stereocenters. The zero-order valence-electron chi connectivity index (χ0n) is 13.4. The van der Waals surface area contributed by atoms with Crippen molar-refractivity contribution in [2.24, 2.45) is 0 Å². The summed E-state index contributed by atoms with van der Waals surface area (Å²) in [6.45, 7) is 9.20. The number of nitrogens with zero attached hydrogens (tertiary/aromatic N) is 1. The van der Waals surface area contributed by atoms with Gasteiger partial charge in [0.2, 0.25) is 0 Å². The van der Waals surface area contributed by atoms with Gasteiger partial charge in [0.05, 0.1) is 18.8 Å². The van der Waals surface area contributed by atoms with Crippen LogP contribution in [-0.2, 0) is 19.4 Å². The fourth-order valence-corrected chi connectivity index (χ4v) is 3.87. The number of rotatable bonds is 4. The highest BCUT2D eigenvalue weighted by molar-refractivity contribution is 5.05. The summed E-state index contributed by atoms with van der Waals surface area (Å²) < 4.78 is 17.3. The summed E-state index contributed by atoms with van der Waals surface area (Å²) in [5.74, 6) is -0.625. The lowest BCUT2D eigenvalue weighted by Gasteiger charge is -2.55. The van der Waals surface area contributed by atoms with Crippen molar-refractivity contribution >= 4 is 0 Å². The Balaban J connectivity index is 2.24. The van der Waals surface area contributed by atoms with Crippen LogP contribution in [0, 0.1) is 0 Å². The second-order valence-corrected chi connectivity index (χ2v) is 6.81. The predicted octanol–water partition coefficient (Wildman–Crippen LogP) is 2.52. The third-order valence-electron chi connectivity index (χ3n) is 4.86. The zero-order valence-corrected chi connectivity index (χ0v) is 13.4. The zero-order chi connectivity index (χ0) is 15.0. The molecular weight excluding hydrogens is 258 g/mol. The maximum Gasteiger partial charge on any atom is 0.172 e. The van der Waals surface area contributed by atoms with Gasteiger partial charge >= 0.3 is 0 Å². The van der Waals surface area contributed by atoms with E-state index in [1.54, 1.807) is 7.11 Å². The van der Waals surface area contributed by atoms with Gasteiger partial charge in [-0.25, -0.2) is 0 Å². The van der Waals surface area contributed by atoms with Crippen molar-refractivity contribution in [3.63, 3.8) is 0 Å². The Bertz CT molecular complexity index is 343. The van der Waals surface area contributed by atoms with E-state index in [9.17, 15) is 5.21 Å². The van der Waals surface area contributed by atoms with Gasteiger partial charge in [-0.15, -0.1) is 10.3 Å². The van der Waals surface area contributed by atoms with Gasteiger partial charge in [-0.3, -0.25) is 0 Å². The second-order valence-electron chi connectivity index (χ2n) is 6.81. The highest BCUT2D eigenvalue weighted by Crippen LogP contribution is 2.50. The van der Waals surface area contributed by atoms with E-state index in [1.807, 2.05) is 13.8 Å². The van der Waals surface area contributed by atoms with E-state index in [4.69, 9.17) is 14.2 Å².